The molecule has 0 spiro atoms. The highest BCUT2D eigenvalue weighted by atomic mass is 16.6. The van der Waals surface area contributed by atoms with Crippen molar-refractivity contribution in [3.8, 4) is 0 Å². The smallest absolute Gasteiger partial charge is 0.309 e. The van der Waals surface area contributed by atoms with E-state index in [1.807, 2.05) is 6.92 Å². The first-order valence-electron chi connectivity index (χ1n) is 10.8. The molecule has 1 N–H and O–H groups in total. The minimum absolute atomic E-state index is 0.00657. The largest absolute Gasteiger partial charge is 0.512 e. The number of fused-ring (bicyclic) bond motifs is 2. The van der Waals surface area contributed by atoms with Crippen molar-refractivity contribution in [2.45, 2.75) is 83.4 Å². The lowest BCUT2D eigenvalue weighted by atomic mass is 9.57. The van der Waals surface area contributed by atoms with Crippen LogP contribution in [0.4, 0.5) is 0 Å². The molecule has 0 unspecified atom stereocenters. The summed E-state index contributed by atoms with van der Waals surface area (Å²) in [5.41, 5.74) is 0. The van der Waals surface area contributed by atoms with Gasteiger partial charge in [0.2, 0.25) is 0 Å². The monoisotopic (exact) mass is 361 g/mol. The molecule has 2 saturated heterocycles. The van der Waals surface area contributed by atoms with Gasteiger partial charge in [-0.25, -0.2) is 0 Å². The van der Waals surface area contributed by atoms with E-state index in [9.17, 15) is 9.90 Å². The zero-order valence-corrected chi connectivity index (χ0v) is 16.6. The average Bonchev–Trinajstić information content (AvgIpc) is 2.90. The second-order valence-corrected chi connectivity index (χ2v) is 9.40. The Labute approximate surface area is 158 Å². The number of rotatable bonds is 2. The molecule has 8 atom stereocenters. The van der Waals surface area contributed by atoms with Gasteiger partial charge in [-0.05, 0) is 64.5 Å². The van der Waals surface area contributed by atoms with Gasteiger partial charge < -0.3 is 9.84 Å². The number of hydrogen-bond donors (Lipinski definition) is 1. The Morgan fingerprint density at radius 1 is 1.15 bits per heavy atom. The molecule has 0 aromatic heterocycles. The van der Waals surface area contributed by atoms with Crippen molar-refractivity contribution in [2.24, 2.45) is 29.6 Å². The quantitative estimate of drug-likeness (QED) is 0.588. The van der Waals surface area contributed by atoms with Crippen LogP contribution < -0.4 is 0 Å². The van der Waals surface area contributed by atoms with Gasteiger partial charge in [0, 0.05) is 23.9 Å². The van der Waals surface area contributed by atoms with Crippen molar-refractivity contribution in [1.82, 2.24) is 4.90 Å². The lowest BCUT2D eigenvalue weighted by Crippen LogP contribution is -2.45. The Balaban J connectivity index is 1.64. The number of cyclic esters (lactones) is 1. The number of hydrogen-bond acceptors (Lipinski definition) is 4. The molecule has 0 bridgehead atoms. The Hall–Kier alpha value is -1.03. The molecule has 0 radical (unpaired) electrons. The van der Waals surface area contributed by atoms with Gasteiger partial charge in [-0.1, -0.05) is 25.7 Å². The zero-order valence-electron chi connectivity index (χ0n) is 16.6. The molecule has 0 aromatic carbocycles. The summed E-state index contributed by atoms with van der Waals surface area (Å²) in [6.07, 6.45) is 11.5. The summed E-state index contributed by atoms with van der Waals surface area (Å²) in [6.45, 7) is 4.30. The molecular formula is C22H35NO3. The molecule has 2 heterocycles. The maximum atomic E-state index is 12.4. The van der Waals surface area contributed by atoms with Crippen LogP contribution in [0.25, 0.3) is 0 Å². The molecule has 146 valence electrons. The van der Waals surface area contributed by atoms with Gasteiger partial charge in [0.1, 0.15) is 6.10 Å². The minimum Gasteiger partial charge on any atom is -0.512 e. The van der Waals surface area contributed by atoms with Gasteiger partial charge in [-0.2, -0.15) is 0 Å². The van der Waals surface area contributed by atoms with Gasteiger partial charge in [0.15, 0.2) is 0 Å². The predicted octanol–water partition coefficient (Wildman–Crippen LogP) is 4.31. The average molecular weight is 362 g/mol. The van der Waals surface area contributed by atoms with Crippen molar-refractivity contribution in [2.75, 3.05) is 7.05 Å². The number of nitrogens with zero attached hydrogens (tertiary/aromatic N) is 1. The summed E-state index contributed by atoms with van der Waals surface area (Å²) in [5, 5.41) is 11.3. The summed E-state index contributed by atoms with van der Waals surface area (Å²) in [4.78, 5) is 14.8. The van der Waals surface area contributed by atoms with E-state index in [-0.39, 0.29) is 29.8 Å². The summed E-state index contributed by atoms with van der Waals surface area (Å²) in [5.74, 6) is 1.87. The number of allylic oxidation sites excluding steroid dienone is 1. The first kappa shape index (κ1) is 18.3. The second kappa shape index (κ2) is 7.18. The standard InChI is InChI=1S/C22H35NO3/c1-13-7-6-9-16(23(13)3)12-19(24)21-17-10-5-4-8-15(17)11-18-20(21)14(2)26-22(18)25/h12-18,20-21,24H,4-11H2,1-3H3/b19-12-/t13-,14-,15+,16+,17-,18-,20-,21-/m0/s1. The van der Waals surface area contributed by atoms with Gasteiger partial charge in [0.25, 0.3) is 0 Å². The fourth-order valence-corrected chi connectivity index (χ4v) is 6.52. The fraction of sp³-hybridized carbons (Fsp3) is 0.864. The number of carbonyl (C=O) groups excluding carboxylic acids is 1. The summed E-state index contributed by atoms with van der Waals surface area (Å²) in [7, 11) is 2.18. The van der Waals surface area contributed by atoms with E-state index in [1.54, 1.807) is 0 Å². The molecule has 4 nitrogen and oxygen atoms in total. The van der Waals surface area contributed by atoms with Crippen LogP contribution in [0.3, 0.4) is 0 Å². The number of carbonyl (C=O) groups is 1. The van der Waals surface area contributed by atoms with E-state index >= 15 is 0 Å². The van der Waals surface area contributed by atoms with E-state index in [2.05, 4.69) is 24.9 Å². The molecule has 0 aromatic rings. The van der Waals surface area contributed by atoms with Crippen molar-refractivity contribution in [1.29, 1.82) is 0 Å². The number of likely N-dealkylation sites (tertiary alicyclic amines) is 1. The number of likely N-dealkylation sites (N-methyl/N-ethyl adjacent to an activating group) is 1. The summed E-state index contributed by atoms with van der Waals surface area (Å²) >= 11 is 0. The molecule has 4 heteroatoms. The van der Waals surface area contributed by atoms with Gasteiger partial charge >= 0.3 is 5.97 Å². The van der Waals surface area contributed by atoms with Crippen LogP contribution in [0.15, 0.2) is 11.8 Å². The van der Waals surface area contributed by atoms with Crippen LogP contribution in [-0.2, 0) is 9.53 Å². The van der Waals surface area contributed by atoms with Crippen LogP contribution >= 0.6 is 0 Å². The van der Waals surface area contributed by atoms with Crippen molar-refractivity contribution in [3.63, 3.8) is 0 Å². The molecule has 4 rings (SSSR count). The molecule has 4 aliphatic rings. The molecule has 2 saturated carbocycles. The third-order valence-corrected chi connectivity index (χ3v) is 8.06. The van der Waals surface area contributed by atoms with E-state index in [1.165, 1.54) is 38.5 Å². The van der Waals surface area contributed by atoms with Crippen molar-refractivity contribution in [3.05, 3.63) is 11.8 Å². The van der Waals surface area contributed by atoms with Crippen LogP contribution in [-0.4, -0.2) is 41.2 Å². The second-order valence-electron chi connectivity index (χ2n) is 9.40. The van der Waals surface area contributed by atoms with Crippen LogP contribution in [0.2, 0.25) is 0 Å². The van der Waals surface area contributed by atoms with E-state index in [0.29, 0.717) is 29.7 Å². The normalized spacial score (nSPS) is 47.2. The SMILES string of the molecule is C[C@@H]1OC(=O)[C@H]2C[C@H]3CCCC[C@@H]3[C@@H](/C(O)=C/[C@H]3CCC[C@H](C)N3C)[C@@H]12. The van der Waals surface area contributed by atoms with E-state index < -0.39 is 0 Å². The maximum Gasteiger partial charge on any atom is 0.309 e. The highest BCUT2D eigenvalue weighted by Gasteiger charge is 2.55. The number of ether oxygens (including phenoxy) is 1. The number of aliphatic hydroxyl groups is 1. The van der Waals surface area contributed by atoms with Gasteiger partial charge in [-0.15, -0.1) is 0 Å². The Morgan fingerprint density at radius 2 is 1.92 bits per heavy atom. The van der Waals surface area contributed by atoms with Gasteiger partial charge in [0.05, 0.1) is 11.7 Å². The Kier molecular flexibility index (Phi) is 5.06. The van der Waals surface area contributed by atoms with E-state index in [4.69, 9.17) is 4.74 Å². The molecule has 0 amide bonds. The van der Waals surface area contributed by atoms with Crippen molar-refractivity contribution >= 4 is 5.97 Å². The minimum atomic E-state index is -0.0704. The number of aliphatic hydroxyl groups excluding tert-OH is 1. The molecular weight excluding hydrogens is 326 g/mol. The number of piperidine rings is 1. The predicted molar refractivity (Wildman–Crippen MR) is 102 cm³/mol. The Morgan fingerprint density at radius 3 is 2.73 bits per heavy atom. The molecule has 2 aliphatic carbocycles. The lowest BCUT2D eigenvalue weighted by molar-refractivity contribution is -0.144. The highest BCUT2D eigenvalue weighted by Crippen LogP contribution is 2.54. The first-order valence-corrected chi connectivity index (χ1v) is 10.8. The molecule has 26 heavy (non-hydrogen) atoms. The molecule has 2 aliphatic heterocycles. The first-order chi connectivity index (χ1) is 12.5. The van der Waals surface area contributed by atoms with Crippen molar-refractivity contribution < 1.29 is 14.6 Å². The molecule has 4 fully saturated rings. The maximum absolute atomic E-state index is 12.4. The van der Waals surface area contributed by atoms with E-state index in [0.717, 1.165) is 12.8 Å². The number of esters is 1. The highest BCUT2D eigenvalue weighted by molar-refractivity contribution is 5.75. The fourth-order valence-electron chi connectivity index (χ4n) is 6.52. The summed E-state index contributed by atoms with van der Waals surface area (Å²) in [6, 6.07) is 0.879. The van der Waals surface area contributed by atoms with Crippen LogP contribution in [0, 0.1) is 29.6 Å². The third-order valence-electron chi connectivity index (χ3n) is 8.06. The Bertz CT molecular complexity index is 574. The third kappa shape index (κ3) is 3.08. The topological polar surface area (TPSA) is 49.8 Å². The van der Waals surface area contributed by atoms with Crippen LogP contribution in [0.1, 0.15) is 65.2 Å². The summed E-state index contributed by atoms with van der Waals surface area (Å²) < 4.78 is 5.64. The van der Waals surface area contributed by atoms with Gasteiger partial charge in [-0.3, -0.25) is 9.69 Å². The van der Waals surface area contributed by atoms with Crippen LogP contribution in [0.5, 0.6) is 0 Å². The lowest BCUT2D eigenvalue weighted by Gasteiger charge is -2.47. The zero-order chi connectivity index (χ0) is 18.4.